The topological polar surface area (TPSA) is 84.7 Å². The molecular formula is C20H19N3O4. The number of carbonyl (C=O) groups is 2. The molecule has 0 bridgehead atoms. The molecule has 1 aliphatic heterocycles. The number of hydrogen-bond donors (Lipinski definition) is 1. The van der Waals surface area contributed by atoms with E-state index in [0.29, 0.717) is 29.2 Å². The number of oxazole rings is 1. The van der Waals surface area contributed by atoms with Crippen LogP contribution in [-0.2, 0) is 9.59 Å². The van der Waals surface area contributed by atoms with Crippen molar-refractivity contribution in [1.82, 2.24) is 4.98 Å². The van der Waals surface area contributed by atoms with Crippen molar-refractivity contribution in [2.24, 2.45) is 5.92 Å². The molecule has 0 radical (unpaired) electrons. The molecule has 1 aliphatic rings. The number of benzene rings is 2. The molecule has 0 aliphatic carbocycles. The summed E-state index contributed by atoms with van der Waals surface area (Å²) in [6, 6.07) is 12.5. The van der Waals surface area contributed by atoms with E-state index in [-0.39, 0.29) is 18.2 Å². The fourth-order valence-corrected chi connectivity index (χ4v) is 3.26. The fourth-order valence-electron chi connectivity index (χ4n) is 3.26. The first kappa shape index (κ1) is 17.1. The lowest BCUT2D eigenvalue weighted by atomic mass is 10.1. The van der Waals surface area contributed by atoms with Crippen LogP contribution in [0.1, 0.15) is 12.3 Å². The molecule has 3 aromatic rings. The van der Waals surface area contributed by atoms with Gasteiger partial charge < -0.3 is 19.4 Å². The van der Waals surface area contributed by atoms with Gasteiger partial charge in [-0.3, -0.25) is 9.59 Å². The second kappa shape index (κ2) is 6.75. The van der Waals surface area contributed by atoms with Gasteiger partial charge in [0.05, 0.1) is 13.0 Å². The molecular weight excluding hydrogens is 346 g/mol. The SMILES string of the molecule is COc1ccc(N2CC(C(=O)Nc3ccc4oc(C)nc4c3)CC2=O)cc1. The number of rotatable bonds is 4. The Labute approximate surface area is 155 Å². The van der Waals surface area contributed by atoms with Crippen LogP contribution >= 0.6 is 0 Å². The summed E-state index contributed by atoms with van der Waals surface area (Å²) >= 11 is 0. The van der Waals surface area contributed by atoms with Crippen molar-refractivity contribution in [3.63, 3.8) is 0 Å². The largest absolute Gasteiger partial charge is 0.497 e. The average molecular weight is 365 g/mol. The van der Waals surface area contributed by atoms with Crippen LogP contribution < -0.4 is 15.0 Å². The van der Waals surface area contributed by atoms with Crippen molar-refractivity contribution in [2.75, 3.05) is 23.9 Å². The molecule has 1 atom stereocenters. The number of hydrogen-bond acceptors (Lipinski definition) is 5. The van der Waals surface area contributed by atoms with E-state index < -0.39 is 5.92 Å². The number of carbonyl (C=O) groups excluding carboxylic acids is 2. The zero-order valence-corrected chi connectivity index (χ0v) is 15.1. The number of ether oxygens (including phenoxy) is 1. The molecule has 1 N–H and O–H groups in total. The van der Waals surface area contributed by atoms with Crippen LogP contribution in [0.15, 0.2) is 46.9 Å². The van der Waals surface area contributed by atoms with Gasteiger partial charge in [-0.15, -0.1) is 0 Å². The molecule has 0 saturated carbocycles. The van der Waals surface area contributed by atoms with Crippen molar-refractivity contribution in [2.45, 2.75) is 13.3 Å². The van der Waals surface area contributed by atoms with Crippen molar-refractivity contribution in [1.29, 1.82) is 0 Å². The number of nitrogens with zero attached hydrogens (tertiary/aromatic N) is 2. The van der Waals surface area contributed by atoms with Crippen LogP contribution in [0.25, 0.3) is 11.1 Å². The minimum atomic E-state index is -0.408. The van der Waals surface area contributed by atoms with Gasteiger partial charge in [0.25, 0.3) is 0 Å². The number of aromatic nitrogens is 1. The molecule has 1 fully saturated rings. The minimum absolute atomic E-state index is 0.0668. The maximum Gasteiger partial charge on any atom is 0.229 e. The number of aryl methyl sites for hydroxylation is 1. The smallest absolute Gasteiger partial charge is 0.229 e. The van der Waals surface area contributed by atoms with Crippen LogP contribution in [0, 0.1) is 12.8 Å². The van der Waals surface area contributed by atoms with E-state index in [2.05, 4.69) is 10.3 Å². The Morgan fingerprint density at radius 1 is 1.26 bits per heavy atom. The van der Waals surface area contributed by atoms with E-state index in [1.807, 2.05) is 12.1 Å². The van der Waals surface area contributed by atoms with Crippen molar-refractivity contribution >= 4 is 34.3 Å². The molecule has 1 aromatic heterocycles. The summed E-state index contributed by atoms with van der Waals surface area (Å²) in [6.45, 7) is 2.12. The van der Waals surface area contributed by atoms with Gasteiger partial charge in [0.1, 0.15) is 11.3 Å². The Hall–Kier alpha value is -3.35. The van der Waals surface area contributed by atoms with Gasteiger partial charge >= 0.3 is 0 Å². The predicted octanol–water partition coefficient (Wildman–Crippen LogP) is 3.14. The van der Waals surface area contributed by atoms with Gasteiger partial charge in [-0.05, 0) is 42.5 Å². The van der Waals surface area contributed by atoms with Crippen molar-refractivity contribution in [3.8, 4) is 5.75 Å². The van der Waals surface area contributed by atoms with Crippen LogP contribution in [0.4, 0.5) is 11.4 Å². The zero-order valence-electron chi connectivity index (χ0n) is 15.1. The average Bonchev–Trinajstić information content (AvgIpc) is 3.23. The zero-order chi connectivity index (χ0) is 19.0. The molecule has 1 saturated heterocycles. The predicted molar refractivity (Wildman–Crippen MR) is 101 cm³/mol. The summed E-state index contributed by atoms with van der Waals surface area (Å²) in [5.74, 6) is 0.638. The third kappa shape index (κ3) is 3.36. The molecule has 2 aromatic carbocycles. The third-order valence-corrected chi connectivity index (χ3v) is 4.64. The highest BCUT2D eigenvalue weighted by Gasteiger charge is 2.35. The fraction of sp³-hybridized carbons (Fsp3) is 0.250. The normalized spacial score (nSPS) is 16.7. The number of anilines is 2. The minimum Gasteiger partial charge on any atom is -0.497 e. The Kier molecular flexibility index (Phi) is 4.27. The van der Waals surface area contributed by atoms with Crippen LogP contribution in [-0.4, -0.2) is 30.5 Å². The van der Waals surface area contributed by atoms with Crippen LogP contribution in [0.5, 0.6) is 5.75 Å². The summed E-state index contributed by atoms with van der Waals surface area (Å²) < 4.78 is 10.6. The number of methoxy groups -OCH3 is 1. The molecule has 2 heterocycles. The first-order chi connectivity index (χ1) is 13.0. The summed E-state index contributed by atoms with van der Waals surface area (Å²) in [4.78, 5) is 30.9. The lowest BCUT2D eigenvalue weighted by molar-refractivity contribution is -0.122. The van der Waals surface area contributed by atoms with Gasteiger partial charge in [0.2, 0.25) is 11.8 Å². The second-order valence-corrected chi connectivity index (χ2v) is 6.51. The highest BCUT2D eigenvalue weighted by Crippen LogP contribution is 2.28. The molecule has 1 unspecified atom stereocenters. The van der Waals surface area contributed by atoms with Crippen LogP contribution in [0.2, 0.25) is 0 Å². The van der Waals surface area contributed by atoms with E-state index in [4.69, 9.17) is 9.15 Å². The van der Waals surface area contributed by atoms with Gasteiger partial charge in [-0.25, -0.2) is 4.98 Å². The Morgan fingerprint density at radius 3 is 2.78 bits per heavy atom. The molecule has 0 spiro atoms. The highest BCUT2D eigenvalue weighted by molar-refractivity contribution is 6.03. The Morgan fingerprint density at radius 2 is 2.04 bits per heavy atom. The number of fused-ring (bicyclic) bond motifs is 1. The van der Waals surface area contributed by atoms with E-state index in [1.165, 1.54) is 0 Å². The maximum atomic E-state index is 12.6. The highest BCUT2D eigenvalue weighted by atomic mass is 16.5. The molecule has 2 amide bonds. The lowest BCUT2D eigenvalue weighted by Gasteiger charge is -2.17. The quantitative estimate of drug-likeness (QED) is 0.768. The summed E-state index contributed by atoms with van der Waals surface area (Å²) in [7, 11) is 1.59. The first-order valence-corrected chi connectivity index (χ1v) is 8.66. The second-order valence-electron chi connectivity index (χ2n) is 6.51. The maximum absolute atomic E-state index is 12.6. The molecule has 138 valence electrons. The number of amides is 2. The molecule has 27 heavy (non-hydrogen) atoms. The van der Waals surface area contributed by atoms with Gasteiger partial charge in [-0.1, -0.05) is 0 Å². The number of nitrogens with one attached hydrogen (secondary N) is 1. The van der Waals surface area contributed by atoms with E-state index in [9.17, 15) is 9.59 Å². The van der Waals surface area contributed by atoms with Crippen LogP contribution in [0.3, 0.4) is 0 Å². The lowest BCUT2D eigenvalue weighted by Crippen LogP contribution is -2.28. The van der Waals surface area contributed by atoms with Gasteiger partial charge in [0.15, 0.2) is 11.5 Å². The monoisotopic (exact) mass is 365 g/mol. The van der Waals surface area contributed by atoms with Gasteiger partial charge in [-0.2, -0.15) is 0 Å². The first-order valence-electron chi connectivity index (χ1n) is 8.66. The van der Waals surface area contributed by atoms with E-state index in [1.54, 1.807) is 49.3 Å². The van der Waals surface area contributed by atoms with E-state index in [0.717, 1.165) is 11.4 Å². The third-order valence-electron chi connectivity index (χ3n) is 4.64. The van der Waals surface area contributed by atoms with E-state index >= 15 is 0 Å². The Balaban J connectivity index is 1.46. The molecule has 7 nitrogen and oxygen atoms in total. The molecule has 4 rings (SSSR count). The molecule has 7 heteroatoms. The summed E-state index contributed by atoms with van der Waals surface area (Å²) in [5.41, 5.74) is 2.76. The Bertz CT molecular complexity index is 1010. The standard InChI is InChI=1S/C20H19N3O4/c1-12-21-17-10-14(3-8-18(17)27-12)22-20(25)13-9-19(24)23(11-13)15-4-6-16(26-2)7-5-15/h3-8,10,13H,9,11H2,1-2H3,(H,22,25). The summed E-state index contributed by atoms with van der Waals surface area (Å²) in [5, 5.41) is 2.88. The van der Waals surface area contributed by atoms with Gasteiger partial charge in [0, 0.05) is 31.3 Å². The van der Waals surface area contributed by atoms with Crippen molar-refractivity contribution in [3.05, 3.63) is 48.4 Å². The summed E-state index contributed by atoms with van der Waals surface area (Å²) in [6.07, 6.45) is 0.184. The van der Waals surface area contributed by atoms with Crippen molar-refractivity contribution < 1.29 is 18.7 Å².